The Hall–Kier alpha value is -1.42. The van der Waals surface area contributed by atoms with Crippen LogP contribution in [0.2, 0.25) is 0 Å². The number of rotatable bonds is 8. The molecule has 1 aromatic rings. The zero-order valence-corrected chi connectivity index (χ0v) is 19.8. The highest BCUT2D eigenvalue weighted by Crippen LogP contribution is 2.45. The Labute approximate surface area is 192 Å². The number of anilines is 1. The number of hydrogen-bond acceptors (Lipinski definition) is 3. The van der Waals surface area contributed by atoms with E-state index >= 15 is 0 Å². The molecule has 1 aromatic carbocycles. The number of nitrogens with zero attached hydrogens (tertiary/aromatic N) is 3. The predicted octanol–water partition coefficient (Wildman–Crippen LogP) is 5.27. The van der Waals surface area contributed by atoms with Gasteiger partial charge in [0, 0.05) is 39.7 Å². The molecule has 1 saturated heterocycles. The predicted molar refractivity (Wildman–Crippen MR) is 126 cm³/mol. The molecule has 3 heterocycles. The second-order valence-electron chi connectivity index (χ2n) is 8.34. The average Bonchev–Trinajstić information content (AvgIpc) is 3.40. The van der Waals surface area contributed by atoms with Crippen molar-refractivity contribution in [2.75, 3.05) is 35.8 Å². The van der Waals surface area contributed by atoms with Gasteiger partial charge in [0.2, 0.25) is 0 Å². The number of carbonyl (C=O) groups excluding carboxylic acids is 1. The Morgan fingerprint density at radius 1 is 0.903 bits per heavy atom. The van der Waals surface area contributed by atoms with Crippen LogP contribution in [0.3, 0.4) is 0 Å². The van der Waals surface area contributed by atoms with Crippen molar-refractivity contribution < 1.29 is 18.0 Å². The molecule has 0 N–H and O–H groups in total. The molecule has 0 aromatic heterocycles. The van der Waals surface area contributed by atoms with E-state index in [1.165, 1.54) is 32.4 Å². The molecule has 170 valence electrons. The summed E-state index contributed by atoms with van der Waals surface area (Å²) in [4.78, 5) is 17.5. The molecule has 3 aliphatic heterocycles. The van der Waals surface area contributed by atoms with Crippen LogP contribution in [0.5, 0.6) is 0 Å². The van der Waals surface area contributed by atoms with Crippen LogP contribution >= 0.6 is 21.0 Å². The lowest BCUT2D eigenvalue weighted by molar-refractivity contribution is -0.127. The SMILES string of the molecule is O=C1C2=C(CCN1CCCCCCN1CCCC1)C(C(F)(F)F)=IN2c1ccccc1. The molecule has 0 aliphatic carbocycles. The number of para-hydroxylation sites is 1. The van der Waals surface area contributed by atoms with Gasteiger partial charge in [-0.1, -0.05) is 31.0 Å². The topological polar surface area (TPSA) is 26.8 Å². The van der Waals surface area contributed by atoms with Gasteiger partial charge >= 0.3 is 6.18 Å². The molecule has 3 aliphatic rings. The fraction of sp³-hybridized carbons (Fsp3) is 0.565. The molecule has 0 atom stereocenters. The van der Waals surface area contributed by atoms with Gasteiger partial charge in [0.1, 0.15) is 9.21 Å². The van der Waals surface area contributed by atoms with Crippen LogP contribution in [0.25, 0.3) is 0 Å². The van der Waals surface area contributed by atoms with Crippen molar-refractivity contribution in [2.24, 2.45) is 0 Å². The van der Waals surface area contributed by atoms with Gasteiger partial charge in [0.15, 0.2) is 0 Å². The maximum absolute atomic E-state index is 13.7. The number of hydrogen-bond donors (Lipinski definition) is 0. The van der Waals surface area contributed by atoms with Crippen LogP contribution < -0.4 is 3.11 Å². The van der Waals surface area contributed by atoms with E-state index in [-0.39, 0.29) is 17.2 Å². The fourth-order valence-electron chi connectivity index (χ4n) is 4.51. The summed E-state index contributed by atoms with van der Waals surface area (Å²) in [7, 11) is 0. The van der Waals surface area contributed by atoms with Gasteiger partial charge in [-0.2, -0.15) is 13.2 Å². The molecular weight excluding hydrogens is 518 g/mol. The molecule has 4 rings (SSSR count). The van der Waals surface area contributed by atoms with E-state index in [1.807, 2.05) is 6.07 Å². The first-order valence-corrected chi connectivity index (χ1v) is 13.2. The molecule has 1 amide bonds. The van der Waals surface area contributed by atoms with E-state index < -0.39 is 30.7 Å². The summed E-state index contributed by atoms with van der Waals surface area (Å²) in [5.41, 5.74) is 1.18. The minimum absolute atomic E-state index is 0.232. The molecule has 31 heavy (non-hydrogen) atoms. The number of likely N-dealkylation sites (tertiary alicyclic amines) is 1. The van der Waals surface area contributed by atoms with E-state index in [9.17, 15) is 18.0 Å². The number of amides is 1. The quantitative estimate of drug-likeness (QED) is 0.252. The number of benzene rings is 1. The molecule has 0 radical (unpaired) electrons. The van der Waals surface area contributed by atoms with Crippen molar-refractivity contribution in [3.8, 4) is 0 Å². The molecule has 4 nitrogen and oxygen atoms in total. The Kier molecular flexibility index (Phi) is 7.36. The Balaban J connectivity index is 1.37. The normalized spacial score (nSPS) is 20.2. The molecule has 0 saturated carbocycles. The summed E-state index contributed by atoms with van der Waals surface area (Å²) >= 11 is -1.49. The number of unbranched alkanes of at least 4 members (excludes halogenated alkanes) is 3. The van der Waals surface area contributed by atoms with E-state index in [1.54, 1.807) is 32.3 Å². The molecule has 0 bridgehead atoms. The van der Waals surface area contributed by atoms with Gasteiger partial charge < -0.3 is 9.80 Å². The Bertz CT molecular complexity index is 847. The first kappa shape index (κ1) is 22.8. The lowest BCUT2D eigenvalue weighted by atomic mass is 10.00. The van der Waals surface area contributed by atoms with Crippen LogP contribution in [-0.2, 0) is 4.79 Å². The van der Waals surface area contributed by atoms with Crippen LogP contribution in [0.4, 0.5) is 18.9 Å². The summed E-state index contributed by atoms with van der Waals surface area (Å²) in [6.45, 7) is 4.61. The second kappa shape index (κ2) is 10.0. The van der Waals surface area contributed by atoms with Gasteiger partial charge in [-0.05, 0) is 63.9 Å². The van der Waals surface area contributed by atoms with Crippen molar-refractivity contribution in [3.05, 3.63) is 41.6 Å². The van der Waals surface area contributed by atoms with Crippen molar-refractivity contribution in [3.63, 3.8) is 0 Å². The largest absolute Gasteiger partial charge is 0.423 e. The highest BCUT2D eigenvalue weighted by Gasteiger charge is 2.46. The molecule has 0 unspecified atom stereocenters. The van der Waals surface area contributed by atoms with Gasteiger partial charge in [-0.25, -0.2) is 0 Å². The van der Waals surface area contributed by atoms with E-state index in [2.05, 4.69) is 4.90 Å². The second-order valence-corrected chi connectivity index (χ2v) is 10.9. The monoisotopic (exact) mass is 547 g/mol. The zero-order chi connectivity index (χ0) is 21.8. The van der Waals surface area contributed by atoms with Gasteiger partial charge in [-0.15, -0.1) is 0 Å². The number of halogens is 4. The van der Waals surface area contributed by atoms with E-state index in [4.69, 9.17) is 0 Å². The summed E-state index contributed by atoms with van der Waals surface area (Å²) in [6, 6.07) is 9.02. The number of carbonyl (C=O) groups is 1. The lowest BCUT2D eigenvalue weighted by Crippen LogP contribution is -2.41. The maximum atomic E-state index is 13.7. The minimum atomic E-state index is -4.37. The summed E-state index contributed by atoms with van der Waals surface area (Å²) in [5.74, 6) is -0.235. The first-order valence-electron chi connectivity index (χ1n) is 11.1. The fourth-order valence-corrected chi connectivity index (χ4v) is 7.42. The minimum Gasteiger partial charge on any atom is -0.337 e. The van der Waals surface area contributed by atoms with Crippen LogP contribution in [-0.4, -0.2) is 58.1 Å². The van der Waals surface area contributed by atoms with E-state index in [0.717, 1.165) is 25.8 Å². The third kappa shape index (κ3) is 5.32. The molecule has 8 heteroatoms. The van der Waals surface area contributed by atoms with Crippen molar-refractivity contribution >= 4 is 36.1 Å². The van der Waals surface area contributed by atoms with Gasteiger partial charge in [-0.3, -0.25) is 7.91 Å². The van der Waals surface area contributed by atoms with Crippen LogP contribution in [0.1, 0.15) is 44.9 Å². The standard InChI is InChI=1S/C23H29F3IN3O/c24-23(25,26)21-19-12-17-29(16-7-2-1-6-13-28-14-8-9-15-28)22(31)20(19)30(27-21)18-10-4-3-5-11-18/h3-5,10-11H,1-2,6-9,12-17H2. The summed E-state index contributed by atoms with van der Waals surface area (Å²) in [6.07, 6.45) is 2.83. The Morgan fingerprint density at radius 3 is 2.26 bits per heavy atom. The van der Waals surface area contributed by atoms with Crippen molar-refractivity contribution in [1.82, 2.24) is 9.80 Å². The van der Waals surface area contributed by atoms with Gasteiger partial charge in [0.05, 0.1) is 5.69 Å². The summed E-state index contributed by atoms with van der Waals surface area (Å²) in [5, 5.41) is 0. The summed E-state index contributed by atoms with van der Waals surface area (Å²) < 4.78 is 42.2. The van der Waals surface area contributed by atoms with Gasteiger partial charge in [0.25, 0.3) is 5.91 Å². The third-order valence-corrected chi connectivity index (χ3v) is 9.39. The Morgan fingerprint density at radius 2 is 1.58 bits per heavy atom. The maximum Gasteiger partial charge on any atom is 0.423 e. The first-order chi connectivity index (χ1) is 14.9. The smallest absolute Gasteiger partial charge is 0.337 e. The van der Waals surface area contributed by atoms with E-state index in [0.29, 0.717) is 25.2 Å². The number of alkyl halides is 3. The lowest BCUT2D eigenvalue weighted by Gasteiger charge is -2.31. The van der Waals surface area contributed by atoms with Crippen molar-refractivity contribution in [2.45, 2.75) is 51.1 Å². The average molecular weight is 547 g/mol. The highest BCUT2D eigenvalue weighted by molar-refractivity contribution is 14.2. The molecule has 0 spiro atoms. The van der Waals surface area contributed by atoms with Crippen LogP contribution in [0, 0.1) is 0 Å². The molecule has 1 fully saturated rings. The van der Waals surface area contributed by atoms with Crippen molar-refractivity contribution in [1.29, 1.82) is 0 Å². The highest BCUT2D eigenvalue weighted by atomic mass is 127. The zero-order valence-electron chi connectivity index (χ0n) is 17.6. The molecular formula is C23H29F3IN3O. The van der Waals surface area contributed by atoms with Crippen LogP contribution in [0.15, 0.2) is 41.6 Å². The third-order valence-electron chi connectivity index (χ3n) is 6.12.